The van der Waals surface area contributed by atoms with E-state index in [9.17, 15) is 22.0 Å². The maximum absolute atomic E-state index is 15.8. The van der Waals surface area contributed by atoms with E-state index in [1.807, 2.05) is 0 Å². The number of nitrogens with one attached hydrogen (secondary N) is 1. The number of benzene rings is 2. The number of halogens is 3. The van der Waals surface area contributed by atoms with Crippen LogP contribution in [0.3, 0.4) is 0 Å². The largest absolute Gasteiger partial charge is 0.338 e. The monoisotopic (exact) mass is 508 g/mol. The van der Waals surface area contributed by atoms with Gasteiger partial charge in [-0.25, -0.2) is 26.3 Å². The van der Waals surface area contributed by atoms with E-state index < -0.39 is 39.6 Å². The molecule has 0 aliphatic carbocycles. The summed E-state index contributed by atoms with van der Waals surface area (Å²) in [6.07, 6.45) is 4.03. The van der Waals surface area contributed by atoms with Crippen LogP contribution in [0, 0.1) is 17.5 Å². The number of sulfonamides is 1. The van der Waals surface area contributed by atoms with E-state index in [2.05, 4.69) is 4.72 Å². The molecule has 4 rings (SSSR count). The average molecular weight is 509 g/mol. The van der Waals surface area contributed by atoms with E-state index in [0.717, 1.165) is 18.9 Å². The molecule has 35 heavy (non-hydrogen) atoms. The SMILES string of the molecule is CCS(=O)(=O)NC1CCN2C(=O)CCCCCCc3c(F)cc(F)cc3-c3cccc(c3F)CC12. The van der Waals surface area contributed by atoms with Crippen LogP contribution in [-0.2, 0) is 27.7 Å². The number of hydrogen-bond donors (Lipinski definition) is 1. The molecule has 1 amide bonds. The predicted octanol–water partition coefficient (Wildman–Crippen LogP) is 4.73. The van der Waals surface area contributed by atoms with Gasteiger partial charge in [-0.2, -0.15) is 0 Å². The van der Waals surface area contributed by atoms with Crippen LogP contribution >= 0.6 is 0 Å². The van der Waals surface area contributed by atoms with Gasteiger partial charge in [-0.15, -0.1) is 0 Å². The molecule has 190 valence electrons. The second kappa shape index (κ2) is 10.7. The first-order valence-electron chi connectivity index (χ1n) is 12.3. The van der Waals surface area contributed by atoms with Crippen molar-refractivity contribution in [2.45, 2.75) is 70.4 Å². The molecule has 2 unspecified atom stereocenters. The van der Waals surface area contributed by atoms with Gasteiger partial charge in [-0.1, -0.05) is 31.0 Å². The summed E-state index contributed by atoms with van der Waals surface area (Å²) in [5, 5.41) is 0. The first kappa shape index (κ1) is 25.7. The number of carbonyl (C=O) groups excluding carboxylic acids is 1. The third-order valence-corrected chi connectivity index (χ3v) is 8.52. The summed E-state index contributed by atoms with van der Waals surface area (Å²) in [4.78, 5) is 14.7. The number of hydrogen-bond acceptors (Lipinski definition) is 3. The Morgan fingerprint density at radius 2 is 1.77 bits per heavy atom. The van der Waals surface area contributed by atoms with Crippen molar-refractivity contribution in [1.82, 2.24) is 9.62 Å². The zero-order valence-corrected chi connectivity index (χ0v) is 20.6. The lowest BCUT2D eigenvalue weighted by Crippen LogP contribution is -2.48. The van der Waals surface area contributed by atoms with Crippen LogP contribution in [0.25, 0.3) is 11.1 Å². The number of amides is 1. The summed E-state index contributed by atoms with van der Waals surface area (Å²) in [7, 11) is -3.53. The highest BCUT2D eigenvalue weighted by molar-refractivity contribution is 7.89. The fourth-order valence-electron chi connectivity index (χ4n) is 5.21. The van der Waals surface area contributed by atoms with Crippen molar-refractivity contribution in [3.05, 3.63) is 58.9 Å². The predicted molar refractivity (Wildman–Crippen MR) is 129 cm³/mol. The van der Waals surface area contributed by atoms with Gasteiger partial charge in [0.05, 0.1) is 11.8 Å². The minimum absolute atomic E-state index is 0.0731. The Labute approximate surface area is 204 Å². The van der Waals surface area contributed by atoms with E-state index in [1.165, 1.54) is 19.1 Å². The molecule has 5 nitrogen and oxygen atoms in total. The molecule has 0 aromatic heterocycles. The molecule has 2 aromatic rings. The Morgan fingerprint density at radius 1 is 1.03 bits per heavy atom. The first-order valence-corrected chi connectivity index (χ1v) is 13.9. The van der Waals surface area contributed by atoms with Crippen LogP contribution in [-0.4, -0.2) is 43.6 Å². The maximum Gasteiger partial charge on any atom is 0.222 e. The van der Waals surface area contributed by atoms with Gasteiger partial charge in [0.1, 0.15) is 17.5 Å². The standard InChI is InChI=1S/C26H31F3N2O3S/c1-2-35(33,34)30-23-12-13-31-24(23)14-17-8-7-10-20(26(17)29)21-15-18(27)16-22(28)19(21)9-5-3-4-6-11-25(31)32/h7-8,10,15-16,23-24,30H,2-6,9,11-14H2,1H3. The second-order valence-electron chi connectivity index (χ2n) is 9.38. The van der Waals surface area contributed by atoms with E-state index in [4.69, 9.17) is 0 Å². The Bertz CT molecular complexity index is 1200. The van der Waals surface area contributed by atoms with Gasteiger partial charge in [0, 0.05) is 30.6 Å². The Hall–Kier alpha value is -2.39. The second-order valence-corrected chi connectivity index (χ2v) is 11.4. The highest BCUT2D eigenvalue weighted by Gasteiger charge is 2.39. The average Bonchev–Trinajstić information content (AvgIpc) is 3.19. The van der Waals surface area contributed by atoms with Crippen molar-refractivity contribution in [2.75, 3.05) is 12.3 Å². The molecule has 2 heterocycles. The van der Waals surface area contributed by atoms with Gasteiger partial charge < -0.3 is 4.90 Å². The fourth-order valence-corrected chi connectivity index (χ4v) is 6.11. The van der Waals surface area contributed by atoms with E-state index in [0.29, 0.717) is 38.6 Å². The number of nitrogens with zero attached hydrogens (tertiary/aromatic N) is 1. The fraction of sp³-hybridized carbons (Fsp3) is 0.500. The lowest BCUT2D eigenvalue weighted by atomic mass is 9.92. The molecule has 1 saturated heterocycles. The first-order chi connectivity index (χ1) is 16.7. The molecule has 0 spiro atoms. The molecular weight excluding hydrogens is 477 g/mol. The Balaban J connectivity index is 1.78. The van der Waals surface area contributed by atoms with Gasteiger partial charge in [-0.3, -0.25) is 4.79 Å². The summed E-state index contributed by atoms with van der Waals surface area (Å²) in [6, 6.07) is 5.62. The van der Waals surface area contributed by atoms with E-state index in [-0.39, 0.29) is 40.3 Å². The molecule has 0 saturated carbocycles. The molecule has 2 aliphatic rings. The van der Waals surface area contributed by atoms with Crippen LogP contribution in [0.5, 0.6) is 0 Å². The molecule has 0 radical (unpaired) electrons. The Kier molecular flexibility index (Phi) is 7.86. The van der Waals surface area contributed by atoms with Crippen molar-refractivity contribution in [3.8, 4) is 11.1 Å². The zero-order chi connectivity index (χ0) is 25.2. The van der Waals surface area contributed by atoms with Crippen LogP contribution in [0.15, 0.2) is 30.3 Å². The van der Waals surface area contributed by atoms with Gasteiger partial charge in [0.25, 0.3) is 0 Å². The summed E-state index contributed by atoms with van der Waals surface area (Å²) in [5.41, 5.74) is 0.856. The third-order valence-electron chi connectivity index (χ3n) is 7.10. The van der Waals surface area contributed by atoms with Crippen molar-refractivity contribution in [2.24, 2.45) is 0 Å². The normalized spacial score (nSPS) is 21.7. The number of fused-ring (bicyclic) bond motifs is 5. The molecule has 2 atom stereocenters. The van der Waals surface area contributed by atoms with Crippen molar-refractivity contribution >= 4 is 15.9 Å². The zero-order valence-electron chi connectivity index (χ0n) is 19.8. The molecule has 2 bridgehead atoms. The number of carbonyl (C=O) groups is 1. The molecule has 2 aromatic carbocycles. The minimum Gasteiger partial charge on any atom is -0.338 e. The van der Waals surface area contributed by atoms with Crippen molar-refractivity contribution in [3.63, 3.8) is 0 Å². The maximum atomic E-state index is 15.8. The molecular formula is C26H31F3N2O3S. The van der Waals surface area contributed by atoms with Crippen molar-refractivity contribution < 1.29 is 26.4 Å². The molecule has 1 fully saturated rings. The number of rotatable bonds is 3. The van der Waals surface area contributed by atoms with Crippen LogP contribution in [0.2, 0.25) is 0 Å². The molecule has 9 heteroatoms. The summed E-state index contributed by atoms with van der Waals surface area (Å²) in [6.45, 7) is 1.93. The lowest BCUT2D eigenvalue weighted by molar-refractivity contribution is -0.132. The van der Waals surface area contributed by atoms with Gasteiger partial charge in [0.15, 0.2) is 0 Å². The lowest BCUT2D eigenvalue weighted by Gasteiger charge is -2.29. The van der Waals surface area contributed by atoms with Crippen LogP contribution < -0.4 is 4.72 Å². The van der Waals surface area contributed by atoms with Crippen LogP contribution in [0.1, 0.15) is 56.6 Å². The minimum atomic E-state index is -3.53. The van der Waals surface area contributed by atoms with E-state index in [1.54, 1.807) is 17.0 Å². The smallest absolute Gasteiger partial charge is 0.222 e. The summed E-state index contributed by atoms with van der Waals surface area (Å²) < 4.78 is 72.0. The van der Waals surface area contributed by atoms with Gasteiger partial charge in [0.2, 0.25) is 15.9 Å². The van der Waals surface area contributed by atoms with Crippen LogP contribution in [0.4, 0.5) is 13.2 Å². The van der Waals surface area contributed by atoms with E-state index >= 15 is 4.39 Å². The quantitative estimate of drug-likeness (QED) is 0.652. The summed E-state index contributed by atoms with van der Waals surface area (Å²) in [5.74, 6) is -2.24. The highest BCUT2D eigenvalue weighted by atomic mass is 32.2. The summed E-state index contributed by atoms with van der Waals surface area (Å²) >= 11 is 0. The Morgan fingerprint density at radius 3 is 2.51 bits per heavy atom. The van der Waals surface area contributed by atoms with Gasteiger partial charge in [-0.05, 0) is 61.8 Å². The molecule has 1 N–H and O–H groups in total. The van der Waals surface area contributed by atoms with Crippen molar-refractivity contribution in [1.29, 1.82) is 0 Å². The van der Waals surface area contributed by atoms with Gasteiger partial charge >= 0.3 is 0 Å². The topological polar surface area (TPSA) is 66.5 Å². The molecule has 2 aliphatic heterocycles. The highest BCUT2D eigenvalue weighted by Crippen LogP contribution is 2.34. The third kappa shape index (κ3) is 5.72.